The van der Waals surface area contributed by atoms with E-state index >= 15 is 0 Å². The summed E-state index contributed by atoms with van der Waals surface area (Å²) in [4.78, 5) is 0. The third-order valence-electron chi connectivity index (χ3n) is 3.94. The maximum absolute atomic E-state index is 6.14. The molecule has 1 aliphatic carbocycles. The highest BCUT2D eigenvalue weighted by Crippen LogP contribution is 2.46. The van der Waals surface area contributed by atoms with Crippen LogP contribution >= 0.6 is 15.9 Å². The standard InChI is InChI=1S/C14H20BrNO2/c1-14(2)11(16-3)8-12(14)18-13-9(15)6-5-7-10(13)17-4/h5-7,11-12,16H,8H2,1-4H3. The van der Waals surface area contributed by atoms with Gasteiger partial charge in [-0.05, 0) is 35.1 Å². The van der Waals surface area contributed by atoms with Gasteiger partial charge in [-0.3, -0.25) is 0 Å². The molecule has 18 heavy (non-hydrogen) atoms. The number of methoxy groups -OCH3 is 1. The molecule has 0 bridgehead atoms. The normalized spacial score (nSPS) is 25.4. The van der Waals surface area contributed by atoms with E-state index in [-0.39, 0.29) is 11.5 Å². The number of ether oxygens (including phenoxy) is 2. The first-order chi connectivity index (χ1) is 8.50. The number of halogens is 1. The minimum atomic E-state index is 0.134. The van der Waals surface area contributed by atoms with E-state index in [1.165, 1.54) is 0 Å². The zero-order valence-electron chi connectivity index (χ0n) is 11.3. The van der Waals surface area contributed by atoms with Crippen molar-refractivity contribution < 1.29 is 9.47 Å². The van der Waals surface area contributed by atoms with Gasteiger partial charge in [-0.15, -0.1) is 0 Å². The summed E-state index contributed by atoms with van der Waals surface area (Å²) < 4.78 is 12.4. The maximum Gasteiger partial charge on any atom is 0.175 e. The Balaban J connectivity index is 2.16. The van der Waals surface area contributed by atoms with Crippen LogP contribution in [0.15, 0.2) is 22.7 Å². The topological polar surface area (TPSA) is 30.5 Å². The molecule has 1 N–H and O–H groups in total. The molecule has 0 aliphatic heterocycles. The van der Waals surface area contributed by atoms with E-state index in [0.717, 1.165) is 22.4 Å². The molecule has 1 fully saturated rings. The Bertz CT molecular complexity index is 434. The van der Waals surface area contributed by atoms with Crippen molar-refractivity contribution in [3.8, 4) is 11.5 Å². The van der Waals surface area contributed by atoms with Gasteiger partial charge >= 0.3 is 0 Å². The van der Waals surface area contributed by atoms with Crippen molar-refractivity contribution in [3.05, 3.63) is 22.7 Å². The SMILES string of the molecule is CNC1CC(Oc2c(Br)cccc2OC)C1(C)C. The van der Waals surface area contributed by atoms with Crippen molar-refractivity contribution in [2.75, 3.05) is 14.2 Å². The highest BCUT2D eigenvalue weighted by Gasteiger charge is 2.49. The van der Waals surface area contributed by atoms with E-state index < -0.39 is 0 Å². The first-order valence-corrected chi connectivity index (χ1v) is 6.96. The Morgan fingerprint density at radius 3 is 2.67 bits per heavy atom. The summed E-state index contributed by atoms with van der Waals surface area (Å²) in [5.74, 6) is 1.57. The molecule has 0 radical (unpaired) electrons. The summed E-state index contributed by atoms with van der Waals surface area (Å²) in [5, 5.41) is 3.33. The molecule has 0 aromatic heterocycles. The molecule has 0 amide bonds. The Morgan fingerprint density at radius 1 is 1.39 bits per heavy atom. The van der Waals surface area contributed by atoms with Crippen LogP contribution in [0.4, 0.5) is 0 Å². The first-order valence-electron chi connectivity index (χ1n) is 6.17. The number of para-hydroxylation sites is 1. The molecular weight excluding hydrogens is 294 g/mol. The fourth-order valence-electron chi connectivity index (χ4n) is 2.48. The predicted molar refractivity (Wildman–Crippen MR) is 76.4 cm³/mol. The predicted octanol–water partition coefficient (Wildman–Crippen LogP) is 3.22. The van der Waals surface area contributed by atoms with Crippen LogP contribution in [0, 0.1) is 5.41 Å². The number of benzene rings is 1. The van der Waals surface area contributed by atoms with Gasteiger partial charge in [-0.2, -0.15) is 0 Å². The van der Waals surface area contributed by atoms with Crippen molar-refractivity contribution in [1.29, 1.82) is 0 Å². The molecule has 1 aromatic rings. The number of hydrogen-bond donors (Lipinski definition) is 1. The van der Waals surface area contributed by atoms with Gasteiger partial charge in [-0.25, -0.2) is 0 Å². The van der Waals surface area contributed by atoms with Gasteiger partial charge in [0, 0.05) is 17.9 Å². The van der Waals surface area contributed by atoms with E-state index in [9.17, 15) is 0 Å². The second-order valence-electron chi connectivity index (χ2n) is 5.28. The molecule has 0 spiro atoms. The summed E-state index contributed by atoms with van der Waals surface area (Å²) in [5.41, 5.74) is 0.134. The number of rotatable bonds is 4. The van der Waals surface area contributed by atoms with Gasteiger partial charge in [-0.1, -0.05) is 19.9 Å². The Labute approximate surface area is 117 Å². The number of nitrogens with one attached hydrogen (secondary N) is 1. The molecule has 1 aliphatic rings. The van der Waals surface area contributed by atoms with Crippen molar-refractivity contribution >= 4 is 15.9 Å². The lowest BCUT2D eigenvalue weighted by Crippen LogP contribution is -2.61. The summed E-state index contributed by atoms with van der Waals surface area (Å²) >= 11 is 3.52. The van der Waals surface area contributed by atoms with Crippen molar-refractivity contribution in [1.82, 2.24) is 5.32 Å². The molecule has 0 saturated heterocycles. The highest BCUT2D eigenvalue weighted by atomic mass is 79.9. The second-order valence-corrected chi connectivity index (χ2v) is 6.13. The van der Waals surface area contributed by atoms with Crippen molar-refractivity contribution in [2.45, 2.75) is 32.4 Å². The summed E-state index contributed by atoms with van der Waals surface area (Å²) in [6.45, 7) is 4.46. The molecule has 2 unspecified atom stereocenters. The summed E-state index contributed by atoms with van der Waals surface area (Å²) in [6.07, 6.45) is 1.23. The fraction of sp³-hybridized carbons (Fsp3) is 0.571. The van der Waals surface area contributed by atoms with E-state index in [1.807, 2.05) is 25.2 Å². The molecule has 0 heterocycles. The molecule has 1 aromatic carbocycles. The molecule has 1 saturated carbocycles. The Kier molecular flexibility index (Phi) is 3.87. The lowest BCUT2D eigenvalue weighted by atomic mass is 9.64. The van der Waals surface area contributed by atoms with Crippen LogP contribution in [0.2, 0.25) is 0 Å². The molecular formula is C14H20BrNO2. The average molecular weight is 314 g/mol. The van der Waals surface area contributed by atoms with Gasteiger partial charge in [0.25, 0.3) is 0 Å². The van der Waals surface area contributed by atoms with Crippen LogP contribution in [-0.4, -0.2) is 26.3 Å². The summed E-state index contributed by atoms with van der Waals surface area (Å²) in [7, 11) is 3.67. The third kappa shape index (κ3) is 2.24. The molecule has 3 nitrogen and oxygen atoms in total. The van der Waals surface area contributed by atoms with Gasteiger partial charge < -0.3 is 14.8 Å². The van der Waals surface area contributed by atoms with Crippen LogP contribution in [0.5, 0.6) is 11.5 Å². The second kappa shape index (κ2) is 5.10. The maximum atomic E-state index is 6.14. The average Bonchev–Trinajstić information content (AvgIpc) is 2.35. The van der Waals surface area contributed by atoms with Crippen LogP contribution in [0.3, 0.4) is 0 Å². The fourth-order valence-corrected chi connectivity index (χ4v) is 2.92. The number of hydrogen-bond acceptors (Lipinski definition) is 3. The van der Waals surface area contributed by atoms with Gasteiger partial charge in [0.15, 0.2) is 11.5 Å². The zero-order valence-corrected chi connectivity index (χ0v) is 12.9. The molecule has 2 atom stereocenters. The quantitative estimate of drug-likeness (QED) is 0.925. The smallest absolute Gasteiger partial charge is 0.175 e. The third-order valence-corrected chi connectivity index (χ3v) is 4.56. The lowest BCUT2D eigenvalue weighted by molar-refractivity contribution is -0.0534. The van der Waals surface area contributed by atoms with E-state index in [0.29, 0.717) is 6.04 Å². The molecule has 100 valence electrons. The van der Waals surface area contributed by atoms with Gasteiger partial charge in [0.1, 0.15) is 6.10 Å². The molecule has 4 heteroatoms. The van der Waals surface area contributed by atoms with E-state index in [4.69, 9.17) is 9.47 Å². The Morgan fingerprint density at radius 2 is 2.11 bits per heavy atom. The van der Waals surface area contributed by atoms with E-state index in [2.05, 4.69) is 35.1 Å². The molecule has 2 rings (SSSR count). The van der Waals surface area contributed by atoms with Crippen molar-refractivity contribution in [2.24, 2.45) is 5.41 Å². The first kappa shape index (κ1) is 13.7. The minimum absolute atomic E-state index is 0.134. The Hall–Kier alpha value is -0.740. The van der Waals surface area contributed by atoms with E-state index in [1.54, 1.807) is 7.11 Å². The zero-order chi connectivity index (χ0) is 13.3. The summed E-state index contributed by atoms with van der Waals surface area (Å²) in [6, 6.07) is 6.34. The minimum Gasteiger partial charge on any atom is -0.493 e. The lowest BCUT2D eigenvalue weighted by Gasteiger charge is -2.51. The van der Waals surface area contributed by atoms with Crippen LogP contribution in [0.25, 0.3) is 0 Å². The van der Waals surface area contributed by atoms with Crippen LogP contribution in [0.1, 0.15) is 20.3 Å². The van der Waals surface area contributed by atoms with Gasteiger partial charge in [0.05, 0.1) is 11.6 Å². The monoisotopic (exact) mass is 313 g/mol. The van der Waals surface area contributed by atoms with Crippen LogP contribution < -0.4 is 14.8 Å². The van der Waals surface area contributed by atoms with Crippen LogP contribution in [-0.2, 0) is 0 Å². The largest absolute Gasteiger partial charge is 0.493 e. The van der Waals surface area contributed by atoms with Gasteiger partial charge in [0.2, 0.25) is 0 Å². The highest BCUT2D eigenvalue weighted by molar-refractivity contribution is 9.10. The van der Waals surface area contributed by atoms with Crippen molar-refractivity contribution in [3.63, 3.8) is 0 Å².